The molecule has 0 radical (unpaired) electrons. The van der Waals surface area contributed by atoms with Crippen LogP contribution in [0.15, 0.2) is 54.1 Å². The Hall–Kier alpha value is -2.83. The van der Waals surface area contributed by atoms with Gasteiger partial charge in [0, 0.05) is 10.0 Å². The summed E-state index contributed by atoms with van der Waals surface area (Å²) in [4.78, 5) is 37.0. The number of carbonyl (C=O) groups is 3. The van der Waals surface area contributed by atoms with Crippen molar-refractivity contribution in [1.29, 1.82) is 0 Å². The van der Waals surface area contributed by atoms with Crippen molar-refractivity contribution in [3.63, 3.8) is 0 Å². The van der Waals surface area contributed by atoms with E-state index in [0.717, 1.165) is 7.11 Å². The first-order valence-electron chi connectivity index (χ1n) is 7.86. The second-order valence-electron chi connectivity index (χ2n) is 5.70. The molecule has 0 aliphatic carbocycles. The molecule has 2 aromatic rings. The first-order chi connectivity index (χ1) is 12.9. The van der Waals surface area contributed by atoms with Crippen LogP contribution in [0.25, 0.3) is 5.70 Å². The van der Waals surface area contributed by atoms with Crippen molar-refractivity contribution >= 4 is 46.7 Å². The molecule has 0 spiro atoms. The summed E-state index contributed by atoms with van der Waals surface area (Å²) < 4.78 is 4.59. The van der Waals surface area contributed by atoms with Gasteiger partial charge in [-0.05, 0) is 35.4 Å². The topological polar surface area (TPSA) is 84.5 Å². The summed E-state index contributed by atoms with van der Waals surface area (Å²) in [6.07, 6.45) is 0. The molecule has 2 aromatic carbocycles. The van der Waals surface area contributed by atoms with E-state index in [-0.39, 0.29) is 11.3 Å². The molecule has 0 fully saturated rings. The zero-order chi connectivity index (χ0) is 19.6. The zero-order valence-electron chi connectivity index (χ0n) is 14.1. The number of benzene rings is 2. The second-order valence-corrected chi connectivity index (χ2v) is 6.57. The summed E-state index contributed by atoms with van der Waals surface area (Å²) in [5.41, 5.74) is 1.39. The van der Waals surface area contributed by atoms with Crippen molar-refractivity contribution < 1.29 is 19.1 Å². The fourth-order valence-corrected chi connectivity index (χ4v) is 3.01. The summed E-state index contributed by atoms with van der Waals surface area (Å²) in [6, 6.07) is 11.8. The number of hydrogen-bond donors (Lipinski definition) is 2. The second kappa shape index (κ2) is 7.82. The molecule has 8 heteroatoms. The molecule has 0 saturated carbocycles. The number of methoxy groups -OCH3 is 1. The van der Waals surface area contributed by atoms with Crippen LogP contribution in [-0.4, -0.2) is 24.9 Å². The van der Waals surface area contributed by atoms with Crippen LogP contribution in [0.3, 0.4) is 0 Å². The Morgan fingerprint density at radius 3 is 2.07 bits per heavy atom. The van der Waals surface area contributed by atoms with Gasteiger partial charge >= 0.3 is 12.0 Å². The number of halogens is 2. The van der Waals surface area contributed by atoms with E-state index in [4.69, 9.17) is 23.2 Å². The first kappa shape index (κ1) is 18.9. The van der Waals surface area contributed by atoms with Gasteiger partial charge in [0.25, 0.3) is 5.78 Å². The molecule has 3 rings (SSSR count). The number of Topliss-reactive ketones (excluding diaryl/α,β-unsaturated/α-hetero) is 1. The highest BCUT2D eigenvalue weighted by molar-refractivity contribution is 6.42. The minimum Gasteiger partial charge on any atom is -0.463 e. The molecule has 2 amide bonds. The molecular weight excluding hydrogens is 391 g/mol. The molecular formula is C19H14Cl2N2O4. The lowest BCUT2D eigenvalue weighted by atomic mass is 9.90. The molecule has 2 N–H and O–H groups in total. The third kappa shape index (κ3) is 3.97. The maximum absolute atomic E-state index is 12.8. The Kier molecular flexibility index (Phi) is 5.48. The molecule has 0 unspecified atom stereocenters. The summed E-state index contributed by atoms with van der Waals surface area (Å²) in [7, 11) is 1.12. The minimum absolute atomic E-state index is 0.0612. The summed E-state index contributed by atoms with van der Waals surface area (Å²) in [5.74, 6) is -1.90. The quantitative estimate of drug-likeness (QED) is 0.603. The van der Waals surface area contributed by atoms with E-state index in [1.54, 1.807) is 48.5 Å². The van der Waals surface area contributed by atoms with Gasteiger partial charge in [-0.3, -0.25) is 4.79 Å². The van der Waals surface area contributed by atoms with Gasteiger partial charge in [0.2, 0.25) is 0 Å². The molecule has 0 saturated heterocycles. The van der Waals surface area contributed by atoms with Crippen LogP contribution >= 0.6 is 23.2 Å². The lowest BCUT2D eigenvalue weighted by molar-refractivity contribution is -0.150. The van der Waals surface area contributed by atoms with Crippen molar-refractivity contribution in [2.24, 2.45) is 0 Å². The molecule has 0 bridgehead atoms. The smallest absolute Gasteiger partial charge is 0.379 e. The van der Waals surface area contributed by atoms with E-state index in [1.165, 1.54) is 0 Å². The number of urea groups is 1. The number of hydrogen-bond acceptors (Lipinski definition) is 4. The minimum atomic E-state index is -1.03. The molecule has 27 heavy (non-hydrogen) atoms. The van der Waals surface area contributed by atoms with Crippen molar-refractivity contribution in [2.45, 2.75) is 6.04 Å². The van der Waals surface area contributed by atoms with Crippen LogP contribution in [0.2, 0.25) is 10.0 Å². The van der Waals surface area contributed by atoms with E-state index in [0.29, 0.717) is 21.2 Å². The molecule has 1 atom stereocenters. The third-order valence-corrected chi connectivity index (χ3v) is 4.53. The van der Waals surface area contributed by atoms with Gasteiger partial charge in [0.15, 0.2) is 0 Å². The zero-order valence-corrected chi connectivity index (χ0v) is 15.6. The summed E-state index contributed by atoms with van der Waals surface area (Å²) >= 11 is 11.8. The highest BCUT2D eigenvalue weighted by Gasteiger charge is 2.36. The van der Waals surface area contributed by atoms with Crippen LogP contribution in [0.5, 0.6) is 0 Å². The Balaban J connectivity index is 2.21. The van der Waals surface area contributed by atoms with Crippen molar-refractivity contribution in [3.05, 3.63) is 75.3 Å². The molecule has 1 aliphatic heterocycles. The standard InChI is InChI=1S/C19H14Cl2N2O4/c1-27-18(25)17(24)14-15(10-2-6-12(20)7-3-10)22-19(26)23-16(14)11-4-8-13(21)9-5-11/h2-9,15H,1H3,(H2,22,23,26)/t15-/m1/s1. The number of ether oxygens (including phenoxy) is 1. The average molecular weight is 405 g/mol. The van der Waals surface area contributed by atoms with Gasteiger partial charge in [-0.25, -0.2) is 9.59 Å². The Labute approximate surface area is 165 Å². The highest BCUT2D eigenvalue weighted by atomic mass is 35.5. The summed E-state index contributed by atoms with van der Waals surface area (Å²) in [6.45, 7) is 0. The fourth-order valence-electron chi connectivity index (χ4n) is 2.76. The molecule has 6 nitrogen and oxygen atoms in total. The first-order valence-corrected chi connectivity index (χ1v) is 8.62. The van der Waals surface area contributed by atoms with Crippen molar-refractivity contribution in [3.8, 4) is 0 Å². The van der Waals surface area contributed by atoms with Gasteiger partial charge < -0.3 is 15.4 Å². The lowest BCUT2D eigenvalue weighted by Gasteiger charge is -2.29. The van der Waals surface area contributed by atoms with Crippen LogP contribution in [-0.2, 0) is 14.3 Å². The average Bonchev–Trinajstić information content (AvgIpc) is 2.67. The van der Waals surface area contributed by atoms with E-state index >= 15 is 0 Å². The van der Waals surface area contributed by atoms with Crippen LogP contribution in [0, 0.1) is 0 Å². The maximum atomic E-state index is 12.8. The normalized spacial score (nSPS) is 16.4. The number of amides is 2. The monoisotopic (exact) mass is 404 g/mol. The van der Waals surface area contributed by atoms with E-state index in [1.807, 2.05) is 0 Å². The third-order valence-electron chi connectivity index (χ3n) is 4.02. The maximum Gasteiger partial charge on any atom is 0.379 e. The number of esters is 1. The van der Waals surface area contributed by atoms with Gasteiger partial charge in [0.05, 0.1) is 24.4 Å². The number of rotatable bonds is 4. The highest BCUT2D eigenvalue weighted by Crippen LogP contribution is 2.32. The van der Waals surface area contributed by atoms with Crippen molar-refractivity contribution in [2.75, 3.05) is 7.11 Å². The Morgan fingerprint density at radius 1 is 0.963 bits per heavy atom. The number of ketones is 1. The van der Waals surface area contributed by atoms with Gasteiger partial charge in [-0.15, -0.1) is 0 Å². The van der Waals surface area contributed by atoms with Crippen LogP contribution in [0.1, 0.15) is 17.2 Å². The van der Waals surface area contributed by atoms with Crippen LogP contribution in [0.4, 0.5) is 4.79 Å². The SMILES string of the molecule is COC(=O)C(=O)C1=C(c2ccc(Cl)cc2)NC(=O)N[C@@H]1c1ccc(Cl)cc1. The summed E-state index contributed by atoms with van der Waals surface area (Å²) in [5, 5.41) is 6.27. The fraction of sp³-hybridized carbons (Fsp3) is 0.105. The van der Waals surface area contributed by atoms with Gasteiger partial charge in [-0.1, -0.05) is 47.5 Å². The van der Waals surface area contributed by atoms with E-state index < -0.39 is 23.8 Å². The van der Waals surface area contributed by atoms with Crippen LogP contribution < -0.4 is 10.6 Å². The molecule has 138 valence electrons. The molecule has 0 aromatic heterocycles. The van der Waals surface area contributed by atoms with E-state index in [2.05, 4.69) is 15.4 Å². The molecule has 1 heterocycles. The largest absolute Gasteiger partial charge is 0.463 e. The Morgan fingerprint density at radius 2 is 1.52 bits per heavy atom. The van der Waals surface area contributed by atoms with Gasteiger partial charge in [0.1, 0.15) is 0 Å². The predicted octanol–water partition coefficient (Wildman–Crippen LogP) is 3.50. The van der Waals surface area contributed by atoms with Gasteiger partial charge in [-0.2, -0.15) is 0 Å². The lowest BCUT2D eigenvalue weighted by Crippen LogP contribution is -2.46. The van der Waals surface area contributed by atoms with Crippen molar-refractivity contribution in [1.82, 2.24) is 10.6 Å². The number of carbonyl (C=O) groups excluding carboxylic acids is 3. The Bertz CT molecular complexity index is 937. The molecule has 1 aliphatic rings. The number of nitrogens with one attached hydrogen (secondary N) is 2. The van der Waals surface area contributed by atoms with E-state index in [9.17, 15) is 14.4 Å². The predicted molar refractivity (Wildman–Crippen MR) is 101 cm³/mol.